The van der Waals surface area contributed by atoms with Gasteiger partial charge in [-0.05, 0) is 29.7 Å². The number of nitrogens with zero attached hydrogens (tertiary/aromatic N) is 3. The predicted octanol–water partition coefficient (Wildman–Crippen LogP) is 2.81. The number of sulfonamides is 1. The molecule has 33 heavy (non-hydrogen) atoms. The molecule has 1 saturated heterocycles. The summed E-state index contributed by atoms with van der Waals surface area (Å²) in [5.74, 6) is -0.490. The first-order valence-electron chi connectivity index (χ1n) is 9.70. The Hall–Kier alpha value is -3.10. The maximum Gasteiger partial charge on any atom is 0.294 e. The zero-order valence-electron chi connectivity index (χ0n) is 17.1. The SMILES string of the molecule is Nc1ccc2cc(S(=O)(=O)O)cc(O)c2c1N=Nc1ccccc1S(=O)(=O)N1CCOCC1. The number of benzene rings is 3. The van der Waals surface area contributed by atoms with E-state index >= 15 is 0 Å². The van der Waals surface area contributed by atoms with Crippen molar-refractivity contribution in [2.45, 2.75) is 9.79 Å². The highest BCUT2D eigenvalue weighted by Crippen LogP contribution is 2.40. The standard InChI is InChI=1S/C20H20N4O7S2/c21-15-6-5-13-11-14(33(28,29)30)12-17(25)19(13)20(15)23-22-16-3-1-2-4-18(16)32(26,27)24-7-9-31-10-8-24/h1-6,11-12,25H,7-10,21H2,(H,28,29,30). The summed E-state index contributed by atoms with van der Waals surface area (Å²) in [4.78, 5) is -0.547. The number of rotatable bonds is 5. The van der Waals surface area contributed by atoms with Gasteiger partial charge in [-0.25, -0.2) is 8.42 Å². The van der Waals surface area contributed by atoms with Crippen LogP contribution in [-0.4, -0.2) is 57.1 Å². The van der Waals surface area contributed by atoms with E-state index in [2.05, 4.69) is 10.2 Å². The van der Waals surface area contributed by atoms with Gasteiger partial charge in [0.1, 0.15) is 22.0 Å². The van der Waals surface area contributed by atoms with Gasteiger partial charge in [-0.3, -0.25) is 4.55 Å². The lowest BCUT2D eigenvalue weighted by atomic mass is 10.1. The van der Waals surface area contributed by atoms with Crippen molar-refractivity contribution in [2.24, 2.45) is 10.2 Å². The van der Waals surface area contributed by atoms with Crippen LogP contribution in [-0.2, 0) is 24.9 Å². The molecule has 0 saturated carbocycles. The molecule has 0 spiro atoms. The first kappa shape index (κ1) is 23.1. The van der Waals surface area contributed by atoms with Crippen molar-refractivity contribution in [3.63, 3.8) is 0 Å². The molecule has 1 aliphatic heterocycles. The summed E-state index contributed by atoms with van der Waals surface area (Å²) in [5.41, 5.74) is 6.21. The lowest BCUT2D eigenvalue weighted by Gasteiger charge is -2.26. The number of phenols is 1. The second-order valence-corrected chi connectivity index (χ2v) is 10.5. The van der Waals surface area contributed by atoms with Gasteiger partial charge in [-0.2, -0.15) is 12.7 Å². The van der Waals surface area contributed by atoms with Gasteiger partial charge >= 0.3 is 0 Å². The van der Waals surface area contributed by atoms with Gasteiger partial charge in [0, 0.05) is 19.2 Å². The Balaban J connectivity index is 1.81. The van der Waals surface area contributed by atoms with E-state index < -0.39 is 30.8 Å². The summed E-state index contributed by atoms with van der Waals surface area (Å²) in [6.45, 7) is 1.02. The van der Waals surface area contributed by atoms with Crippen LogP contribution in [0.15, 0.2) is 68.6 Å². The number of fused-ring (bicyclic) bond motifs is 1. The van der Waals surface area contributed by atoms with Gasteiger partial charge in [0.15, 0.2) is 0 Å². The largest absolute Gasteiger partial charge is 0.507 e. The minimum Gasteiger partial charge on any atom is -0.507 e. The summed E-state index contributed by atoms with van der Waals surface area (Å²) in [6, 6.07) is 11.0. The van der Waals surface area contributed by atoms with E-state index in [-0.39, 0.29) is 45.8 Å². The number of phenolic OH excluding ortho intramolecular Hbond substituents is 1. The van der Waals surface area contributed by atoms with Crippen LogP contribution in [0.1, 0.15) is 0 Å². The van der Waals surface area contributed by atoms with Gasteiger partial charge in [-0.1, -0.05) is 18.2 Å². The Morgan fingerprint density at radius 3 is 2.36 bits per heavy atom. The maximum absolute atomic E-state index is 13.1. The molecule has 4 rings (SSSR count). The monoisotopic (exact) mass is 492 g/mol. The third kappa shape index (κ3) is 4.54. The van der Waals surface area contributed by atoms with E-state index in [4.69, 9.17) is 10.5 Å². The smallest absolute Gasteiger partial charge is 0.294 e. The Kier molecular flexibility index (Phi) is 6.07. The number of anilines is 1. The van der Waals surface area contributed by atoms with Crippen LogP contribution in [0.2, 0.25) is 0 Å². The first-order chi connectivity index (χ1) is 15.6. The molecule has 0 bridgehead atoms. The average molecular weight is 493 g/mol. The molecule has 174 valence electrons. The summed E-state index contributed by atoms with van der Waals surface area (Å²) < 4.78 is 65.0. The van der Waals surface area contributed by atoms with E-state index in [1.807, 2.05) is 0 Å². The second-order valence-electron chi connectivity index (χ2n) is 7.20. The fraction of sp³-hybridized carbons (Fsp3) is 0.200. The Morgan fingerprint density at radius 2 is 1.67 bits per heavy atom. The summed E-state index contributed by atoms with van der Waals surface area (Å²) in [7, 11) is -8.41. The second kappa shape index (κ2) is 8.68. The van der Waals surface area contributed by atoms with Crippen molar-refractivity contribution >= 4 is 48.0 Å². The molecular weight excluding hydrogens is 472 g/mol. The van der Waals surface area contributed by atoms with Gasteiger partial charge in [0.2, 0.25) is 10.0 Å². The van der Waals surface area contributed by atoms with E-state index in [1.165, 1.54) is 28.6 Å². The van der Waals surface area contributed by atoms with Crippen molar-refractivity contribution in [1.82, 2.24) is 4.31 Å². The van der Waals surface area contributed by atoms with Crippen LogP contribution in [0, 0.1) is 0 Å². The van der Waals surface area contributed by atoms with Crippen LogP contribution < -0.4 is 5.73 Å². The Bertz CT molecular complexity index is 1470. The van der Waals surface area contributed by atoms with Gasteiger partial charge in [0.05, 0.1) is 29.2 Å². The van der Waals surface area contributed by atoms with Gasteiger partial charge in [-0.15, -0.1) is 10.2 Å². The third-order valence-corrected chi connectivity index (χ3v) is 7.86. The number of nitrogen functional groups attached to an aromatic ring is 1. The predicted molar refractivity (Wildman–Crippen MR) is 120 cm³/mol. The molecule has 0 amide bonds. The number of nitrogens with two attached hydrogens (primary N) is 1. The molecule has 3 aromatic carbocycles. The van der Waals surface area contributed by atoms with Crippen molar-refractivity contribution in [1.29, 1.82) is 0 Å². The van der Waals surface area contributed by atoms with Crippen LogP contribution in [0.3, 0.4) is 0 Å². The molecule has 0 aliphatic carbocycles. The maximum atomic E-state index is 13.1. The topological polar surface area (TPSA) is 172 Å². The fourth-order valence-electron chi connectivity index (χ4n) is 3.46. The number of hydrogen-bond acceptors (Lipinski definition) is 9. The molecule has 0 atom stereocenters. The molecule has 4 N–H and O–H groups in total. The van der Waals surface area contributed by atoms with Crippen molar-refractivity contribution < 1.29 is 31.2 Å². The van der Waals surface area contributed by atoms with E-state index in [9.17, 15) is 26.5 Å². The van der Waals surface area contributed by atoms with Crippen LogP contribution in [0.5, 0.6) is 5.75 Å². The highest BCUT2D eigenvalue weighted by molar-refractivity contribution is 7.89. The minimum absolute atomic E-state index is 0.0189. The molecule has 11 nitrogen and oxygen atoms in total. The summed E-state index contributed by atoms with van der Waals surface area (Å²) in [6.07, 6.45) is 0. The minimum atomic E-state index is -4.55. The highest BCUT2D eigenvalue weighted by Gasteiger charge is 2.28. The zero-order chi connectivity index (χ0) is 23.8. The van der Waals surface area contributed by atoms with Gasteiger partial charge < -0.3 is 15.6 Å². The molecule has 3 aromatic rings. The first-order valence-corrected chi connectivity index (χ1v) is 12.6. The van der Waals surface area contributed by atoms with E-state index in [0.29, 0.717) is 13.2 Å². The molecule has 1 aliphatic rings. The number of azo groups is 1. The van der Waals surface area contributed by atoms with E-state index in [0.717, 1.165) is 12.1 Å². The lowest BCUT2D eigenvalue weighted by molar-refractivity contribution is 0.0730. The highest BCUT2D eigenvalue weighted by atomic mass is 32.2. The number of ether oxygens (including phenoxy) is 1. The molecule has 0 unspecified atom stereocenters. The molecule has 1 heterocycles. The fourth-order valence-corrected chi connectivity index (χ4v) is 5.53. The van der Waals surface area contributed by atoms with Crippen LogP contribution in [0.4, 0.5) is 17.1 Å². The van der Waals surface area contributed by atoms with Crippen molar-refractivity contribution in [3.05, 3.63) is 48.5 Å². The summed E-state index contributed by atoms with van der Waals surface area (Å²) in [5, 5.41) is 18.9. The van der Waals surface area contributed by atoms with Gasteiger partial charge in [0.25, 0.3) is 10.1 Å². The Morgan fingerprint density at radius 1 is 0.970 bits per heavy atom. The molecule has 0 radical (unpaired) electrons. The zero-order valence-corrected chi connectivity index (χ0v) is 18.8. The quantitative estimate of drug-likeness (QED) is 0.277. The third-order valence-electron chi connectivity index (χ3n) is 5.08. The lowest BCUT2D eigenvalue weighted by Crippen LogP contribution is -2.40. The average Bonchev–Trinajstić information content (AvgIpc) is 2.78. The van der Waals surface area contributed by atoms with Crippen LogP contribution in [0.25, 0.3) is 10.8 Å². The number of morpholine rings is 1. The summed E-state index contributed by atoms with van der Waals surface area (Å²) >= 11 is 0. The molecule has 13 heteroatoms. The molecule has 1 fully saturated rings. The normalized spacial score (nSPS) is 15.9. The number of hydrogen-bond donors (Lipinski definition) is 3. The molecular formula is C20H20N4O7S2. The van der Waals surface area contributed by atoms with Crippen LogP contribution >= 0.6 is 0 Å². The van der Waals surface area contributed by atoms with Crippen molar-refractivity contribution in [2.75, 3.05) is 32.0 Å². The Labute approximate surface area is 189 Å². The van der Waals surface area contributed by atoms with E-state index in [1.54, 1.807) is 12.1 Å². The number of aromatic hydroxyl groups is 1. The molecule has 0 aromatic heterocycles. The van der Waals surface area contributed by atoms with Crippen molar-refractivity contribution in [3.8, 4) is 5.75 Å².